The van der Waals surface area contributed by atoms with E-state index < -0.39 is 204 Å². The van der Waals surface area contributed by atoms with Crippen molar-refractivity contribution in [2.75, 3.05) is 31.5 Å². The van der Waals surface area contributed by atoms with Gasteiger partial charge in [-0.15, -0.1) is 0 Å². The van der Waals surface area contributed by atoms with Gasteiger partial charge in [-0.05, 0) is 140 Å². The molecule has 2 aliphatic heterocycles. The maximum Gasteiger partial charge on any atom is 0.326 e. The van der Waals surface area contributed by atoms with Gasteiger partial charge in [0.2, 0.25) is 88.2 Å². The fraction of sp³-hybridized carbons (Fsp3) is 0.472. The molecule has 12 atom stereocenters. The number of imidazole rings is 1. The Morgan fingerprint density at radius 1 is 0.537 bits per heavy atom. The van der Waals surface area contributed by atoms with Gasteiger partial charge in [0.15, 0.2) is 11.5 Å². The van der Waals surface area contributed by atoms with Crippen LogP contribution in [-0.4, -0.2) is 248 Å². The predicted molar refractivity (Wildman–Crippen MR) is 486 cm³/mol. The van der Waals surface area contributed by atoms with Crippen molar-refractivity contribution >= 4 is 139 Å². The molecule has 45 heteroatoms. The highest BCUT2D eigenvalue weighted by Gasteiger charge is 2.43. The van der Waals surface area contributed by atoms with Crippen molar-refractivity contribution in [3.63, 3.8) is 0 Å². The number of likely N-dealkylation sites (tertiary alicyclic amines) is 2. The third-order valence-electron chi connectivity index (χ3n) is 23.1. The maximum atomic E-state index is 15.4. The maximum absolute atomic E-state index is 15.4. The van der Waals surface area contributed by atoms with E-state index >= 15 is 24.0 Å². The van der Waals surface area contributed by atoms with Crippen LogP contribution in [0.5, 0.6) is 5.75 Å². The minimum atomic E-state index is -1.66. The molecule has 0 aliphatic carbocycles. The number of rotatable bonds is 51. The minimum Gasteiger partial charge on any atom is -0.508 e. The van der Waals surface area contributed by atoms with Crippen LogP contribution in [0.3, 0.4) is 0 Å². The molecule has 4 aromatic carbocycles. The average Bonchev–Trinajstić information content (AvgIpc) is 1.63. The van der Waals surface area contributed by atoms with Crippen LogP contribution in [0.1, 0.15) is 153 Å². The van der Waals surface area contributed by atoms with Crippen molar-refractivity contribution in [2.45, 2.75) is 229 Å². The molecular formula is C89H117N25O20. The second kappa shape index (κ2) is 48.2. The number of phenolic OH excluding ortho intramolecular Hbond substituents is 1. The summed E-state index contributed by atoms with van der Waals surface area (Å²) in [6.45, 7) is 8.03. The number of hydrogen-bond acceptors (Lipinski definition) is 24. The van der Waals surface area contributed by atoms with Crippen LogP contribution in [0, 0.1) is 27.4 Å². The van der Waals surface area contributed by atoms with Crippen molar-refractivity contribution < 1.29 is 91.7 Å². The van der Waals surface area contributed by atoms with Gasteiger partial charge in [0.25, 0.3) is 0 Å². The third kappa shape index (κ3) is 28.5. The average molecular weight is 1860 g/mol. The standard InChI is InChI=1S/C89H117N25O20/c1-6-7-17-59(77(119)109-68(88(130)131)38-49-23-25-53(115)26-24-49)103-85(127)71-22-14-35-113(71)87(129)62(29-32-73(91)117)101-74(118)45-98-84(126)70-21-13-34-112(70)86(128)61(20-12-33-95-89(92)93)104-80(122)64(37-48(4)5)105-78(120)60(28-31-72(90)116)102-79(121)63(36-47(2)3)106-82(124)66(40-51-43-97-57-19-11-9-16-55(51)57)107-83(125)67(41-52-44-94-46-99-52)108-81(123)65(39-50-42-96-56-18-10-8-15-54(50)56)100-58-27-30-69(114(132)133)76-75(58)110-134-111-76/h8-11,15-16,18-19,23-27,30,42-44,46-48,59-68,70-71,96-97,100,115H,6-7,12-14,17,20-22,28-29,31-41,45H2,1-5H3,(H2,90,116)(H2,91,117)(H,94,99)(H,98,126)(H,101,118)(H,102,121)(H,103,127)(H,104,122)(H,105,120)(H,106,124)(H,107,125)(H,108,123)(H,109,119)(H,130,131)(H4,92,93,95)/t59-,60-,61-,62-,63-,64-,65-,66-,67-,68-,70-,71-/m0/s1. The molecule has 2 fully saturated rings. The number of fused-ring (bicyclic) bond motifs is 3. The van der Waals surface area contributed by atoms with Gasteiger partial charge in [0.05, 0.1) is 29.2 Å². The Morgan fingerprint density at radius 3 is 1.55 bits per heavy atom. The van der Waals surface area contributed by atoms with Crippen LogP contribution < -0.4 is 81.0 Å². The number of aromatic amines is 3. The zero-order valence-corrected chi connectivity index (χ0v) is 74.9. The highest BCUT2D eigenvalue weighted by atomic mass is 16.6. The van der Waals surface area contributed by atoms with Crippen LogP contribution in [0.25, 0.3) is 32.8 Å². The Hall–Kier alpha value is -15.1. The van der Waals surface area contributed by atoms with Gasteiger partial charge < -0.3 is 116 Å². The number of hydrogen-bond donors (Lipinski definition) is 21. The van der Waals surface area contributed by atoms with Crippen LogP contribution in [0.4, 0.5) is 11.4 Å². The van der Waals surface area contributed by atoms with Gasteiger partial charge in [-0.25, -0.2) is 14.4 Å². The number of H-pyrrole nitrogens is 3. The largest absolute Gasteiger partial charge is 0.508 e. The van der Waals surface area contributed by atoms with Crippen molar-refractivity contribution in [1.82, 2.24) is 98.5 Å². The molecule has 0 radical (unpaired) electrons. The summed E-state index contributed by atoms with van der Waals surface area (Å²) in [5.41, 5.74) is 19.6. The molecule has 45 nitrogen and oxygen atoms in total. The van der Waals surface area contributed by atoms with Gasteiger partial charge >= 0.3 is 11.7 Å². The van der Waals surface area contributed by atoms with E-state index in [-0.39, 0.29) is 137 Å². The fourth-order valence-electron chi connectivity index (χ4n) is 16.3. The lowest BCUT2D eigenvalue weighted by Gasteiger charge is -2.31. The molecule has 0 spiro atoms. The number of nitrogens with one attached hydrogen (secondary N) is 16. The number of benzene rings is 4. The first kappa shape index (κ1) is 101. The molecule has 14 amide bonds. The number of phenols is 1. The SMILES string of the molecule is CCCC[C@H](NC(=O)[C@@H]1CCCN1C(=O)[C@H](CCC(N)=O)NC(=O)CNC(=O)[C@@H]1CCCN1C(=O)[C@H](CCCNC(=N)N)NC(=O)[C@H](CC(C)C)NC(=O)[C@H](CCC(N)=O)NC(=O)[C@H](CC(C)C)NC(=O)[C@H](Cc1c[nH]c2ccccc12)NC(=O)[C@H](Cc1c[nH]cn1)NC(=O)[C@H](Cc1c[nH]c2ccccc12)Nc1ccc([N+](=O)[O-])c2nonc12)C(=O)N[C@@H](Cc1ccc(O)cc1)C(=O)O. The number of carbonyl (C=O) groups excluding carboxylic acids is 14. The van der Waals surface area contributed by atoms with Crippen molar-refractivity contribution in [1.29, 1.82) is 5.41 Å². The van der Waals surface area contributed by atoms with Gasteiger partial charge in [-0.1, -0.05) is 96.0 Å². The number of carboxylic acids is 1. The summed E-state index contributed by atoms with van der Waals surface area (Å²) >= 11 is 0. The minimum absolute atomic E-state index is 0.00440. The molecule has 6 heterocycles. The number of nitrogens with zero attached hydrogens (tertiary/aromatic N) is 6. The van der Waals surface area contributed by atoms with Crippen molar-refractivity contribution in [3.05, 3.63) is 142 Å². The van der Waals surface area contributed by atoms with Crippen LogP contribution in [0.2, 0.25) is 0 Å². The van der Waals surface area contributed by atoms with Crippen molar-refractivity contribution in [3.8, 4) is 5.75 Å². The number of carboxylic acid groups (broad SMARTS) is 1. The van der Waals surface area contributed by atoms with E-state index in [2.05, 4.69) is 94.1 Å². The lowest BCUT2D eigenvalue weighted by Crippen LogP contribution is -2.61. The van der Waals surface area contributed by atoms with E-state index in [4.69, 9.17) is 27.2 Å². The summed E-state index contributed by atoms with van der Waals surface area (Å²) in [6.07, 6.45) is 5.43. The lowest BCUT2D eigenvalue weighted by atomic mass is 9.99. The highest BCUT2D eigenvalue weighted by Crippen LogP contribution is 2.32. The Kier molecular flexibility index (Phi) is 36.3. The van der Waals surface area contributed by atoms with Gasteiger partial charge in [0, 0.05) is 105 Å². The molecule has 24 N–H and O–H groups in total. The van der Waals surface area contributed by atoms with Gasteiger partial charge in [-0.3, -0.25) is 82.6 Å². The number of non-ortho nitro benzene ring substituents is 1. The summed E-state index contributed by atoms with van der Waals surface area (Å²) in [6, 6.07) is 5.66. The predicted octanol–water partition coefficient (Wildman–Crippen LogP) is 0.896. The number of para-hydroxylation sites is 2. The number of aromatic hydroxyl groups is 1. The van der Waals surface area contributed by atoms with Gasteiger partial charge in [0.1, 0.15) is 78.3 Å². The lowest BCUT2D eigenvalue weighted by molar-refractivity contribution is -0.383. The molecule has 10 rings (SSSR count). The second-order valence-electron chi connectivity index (χ2n) is 34.2. The summed E-state index contributed by atoms with van der Waals surface area (Å²) in [5, 5.41) is 81.3. The highest BCUT2D eigenvalue weighted by molar-refractivity contribution is 6.02. The molecule has 718 valence electrons. The zero-order chi connectivity index (χ0) is 97.0. The van der Waals surface area contributed by atoms with E-state index in [9.17, 15) is 68.3 Å². The van der Waals surface area contributed by atoms with E-state index in [0.29, 0.717) is 52.5 Å². The van der Waals surface area contributed by atoms with E-state index in [1.165, 1.54) is 58.7 Å². The number of primary amides is 2. The number of carbonyl (C=O) groups is 15. The molecular weight excluding hydrogens is 1740 g/mol. The number of nitrogens with two attached hydrogens (primary N) is 3. The Morgan fingerprint density at radius 2 is 1.01 bits per heavy atom. The first-order valence-electron chi connectivity index (χ1n) is 44.5. The normalized spacial score (nSPS) is 15.9. The second-order valence-corrected chi connectivity index (χ2v) is 34.2. The number of nitro benzene ring substituents is 1. The molecule has 2 saturated heterocycles. The fourth-order valence-corrected chi connectivity index (χ4v) is 16.3. The zero-order valence-electron chi connectivity index (χ0n) is 74.9. The quantitative estimate of drug-likeness (QED) is 0.00828. The Labute approximate surface area is 768 Å². The smallest absolute Gasteiger partial charge is 0.326 e. The number of anilines is 1. The molecule has 0 bridgehead atoms. The van der Waals surface area contributed by atoms with Gasteiger partial charge in [-0.2, -0.15) is 0 Å². The Balaban J connectivity index is 0.822. The summed E-state index contributed by atoms with van der Waals surface area (Å²) in [4.78, 5) is 241. The third-order valence-corrected chi connectivity index (χ3v) is 23.1. The Bertz CT molecular complexity index is 5540. The molecule has 134 heavy (non-hydrogen) atoms. The number of aliphatic carboxylic acids is 1. The number of amides is 14. The van der Waals surface area contributed by atoms with Crippen LogP contribution in [0.15, 0.2) is 114 Å². The number of nitro groups is 1. The number of unbranched alkanes of at least 4 members (excludes halogenated alkanes) is 1. The van der Waals surface area contributed by atoms with Crippen LogP contribution in [-0.2, 0) is 97.6 Å². The number of guanidine groups is 1. The molecule has 8 aromatic rings. The van der Waals surface area contributed by atoms with E-state index in [1.807, 2.05) is 31.2 Å². The molecule has 2 aliphatic rings. The van der Waals surface area contributed by atoms with E-state index in [0.717, 1.165) is 10.9 Å². The van der Waals surface area contributed by atoms with Crippen molar-refractivity contribution in [2.24, 2.45) is 29.0 Å². The summed E-state index contributed by atoms with van der Waals surface area (Å²) in [7, 11) is 0. The van der Waals surface area contributed by atoms with Crippen LogP contribution >= 0.6 is 0 Å². The van der Waals surface area contributed by atoms with E-state index in [1.54, 1.807) is 64.4 Å². The monoisotopic (exact) mass is 1860 g/mol. The summed E-state index contributed by atoms with van der Waals surface area (Å²) < 4.78 is 4.94. The topological polar surface area (TPSA) is 692 Å². The first-order chi connectivity index (χ1) is 64.0. The molecule has 0 unspecified atom stereocenters. The summed E-state index contributed by atoms with van der Waals surface area (Å²) in [5.74, 6) is -14.6. The molecule has 0 saturated carbocycles. The first-order valence-corrected chi connectivity index (χ1v) is 44.5. The molecule has 4 aromatic heterocycles. The number of aromatic nitrogens is 6.